The summed E-state index contributed by atoms with van der Waals surface area (Å²) < 4.78 is 1.21. The molecule has 0 bridgehead atoms. The lowest BCUT2D eigenvalue weighted by atomic mass is 10.4. The SMILES string of the molecule is NC(=O)c1ccn(CO)n1. The molecule has 0 saturated carbocycles. The van der Waals surface area contributed by atoms with E-state index in [1.54, 1.807) is 0 Å². The molecule has 0 aliphatic carbocycles. The average Bonchev–Trinajstić information content (AvgIpc) is 2.34. The number of nitrogens with two attached hydrogens (primary N) is 1. The first-order valence-corrected chi connectivity index (χ1v) is 2.68. The van der Waals surface area contributed by atoms with Gasteiger partial charge < -0.3 is 10.8 Å². The molecule has 0 spiro atoms. The molecule has 5 nitrogen and oxygen atoms in total. The Morgan fingerprint density at radius 1 is 1.90 bits per heavy atom. The Bertz CT molecular complexity index is 243. The minimum Gasteiger partial charge on any atom is -0.374 e. The quantitative estimate of drug-likeness (QED) is 0.550. The molecule has 5 heteroatoms. The minimum absolute atomic E-state index is 0.161. The second-order valence-electron chi connectivity index (χ2n) is 1.75. The molecule has 10 heavy (non-hydrogen) atoms. The van der Waals surface area contributed by atoms with Crippen molar-refractivity contribution >= 4 is 5.91 Å². The smallest absolute Gasteiger partial charge is 0.269 e. The first kappa shape index (κ1) is 6.76. The third kappa shape index (κ3) is 1.14. The molecular formula is C5H7N3O2. The van der Waals surface area contributed by atoms with Crippen molar-refractivity contribution in [2.24, 2.45) is 5.73 Å². The van der Waals surface area contributed by atoms with Crippen LogP contribution >= 0.6 is 0 Å². The van der Waals surface area contributed by atoms with Crippen LogP contribution in [0.5, 0.6) is 0 Å². The molecule has 0 saturated heterocycles. The summed E-state index contributed by atoms with van der Waals surface area (Å²) in [6, 6.07) is 1.44. The van der Waals surface area contributed by atoms with Crippen LogP contribution in [0.4, 0.5) is 0 Å². The van der Waals surface area contributed by atoms with Gasteiger partial charge in [0.15, 0.2) is 0 Å². The second-order valence-corrected chi connectivity index (χ2v) is 1.75. The van der Waals surface area contributed by atoms with Crippen LogP contribution in [-0.4, -0.2) is 20.8 Å². The monoisotopic (exact) mass is 141 g/mol. The van der Waals surface area contributed by atoms with Gasteiger partial charge in [0.2, 0.25) is 0 Å². The van der Waals surface area contributed by atoms with E-state index in [2.05, 4.69) is 5.10 Å². The van der Waals surface area contributed by atoms with Crippen molar-refractivity contribution < 1.29 is 9.90 Å². The van der Waals surface area contributed by atoms with Crippen LogP contribution in [-0.2, 0) is 6.73 Å². The van der Waals surface area contributed by atoms with E-state index in [1.807, 2.05) is 0 Å². The molecule has 0 aliphatic heterocycles. The lowest BCUT2D eigenvalue weighted by Crippen LogP contribution is -2.12. The van der Waals surface area contributed by atoms with E-state index >= 15 is 0 Å². The van der Waals surface area contributed by atoms with Gasteiger partial charge in [-0.1, -0.05) is 0 Å². The van der Waals surface area contributed by atoms with E-state index in [-0.39, 0.29) is 12.4 Å². The first-order valence-electron chi connectivity index (χ1n) is 2.68. The number of hydrogen-bond donors (Lipinski definition) is 2. The standard InChI is InChI=1S/C5H7N3O2/c6-5(10)4-1-2-8(3-9)7-4/h1-2,9H,3H2,(H2,6,10). The van der Waals surface area contributed by atoms with E-state index in [0.29, 0.717) is 0 Å². The lowest BCUT2D eigenvalue weighted by molar-refractivity contribution is 0.0993. The third-order valence-electron chi connectivity index (χ3n) is 1.04. The van der Waals surface area contributed by atoms with Crippen LogP contribution in [0, 0.1) is 0 Å². The molecule has 1 amide bonds. The molecule has 0 aliphatic rings. The number of aliphatic hydroxyl groups is 1. The van der Waals surface area contributed by atoms with Crippen molar-refractivity contribution in [3.63, 3.8) is 0 Å². The van der Waals surface area contributed by atoms with Crippen LogP contribution in [0.2, 0.25) is 0 Å². The van der Waals surface area contributed by atoms with Crippen LogP contribution < -0.4 is 5.73 Å². The molecule has 1 aromatic rings. The maximum atomic E-state index is 10.4. The van der Waals surface area contributed by atoms with Crippen molar-refractivity contribution in [1.82, 2.24) is 9.78 Å². The molecular weight excluding hydrogens is 134 g/mol. The maximum Gasteiger partial charge on any atom is 0.269 e. The minimum atomic E-state index is -0.591. The summed E-state index contributed by atoms with van der Waals surface area (Å²) in [5.41, 5.74) is 5.05. The van der Waals surface area contributed by atoms with Crippen LogP contribution in [0.1, 0.15) is 10.5 Å². The Labute approximate surface area is 57.1 Å². The van der Waals surface area contributed by atoms with Crippen LogP contribution in [0.3, 0.4) is 0 Å². The van der Waals surface area contributed by atoms with Gasteiger partial charge in [-0.2, -0.15) is 5.10 Å². The van der Waals surface area contributed by atoms with Gasteiger partial charge in [-0.05, 0) is 6.07 Å². The molecule has 0 unspecified atom stereocenters. The number of hydrogen-bond acceptors (Lipinski definition) is 3. The highest BCUT2D eigenvalue weighted by Crippen LogP contribution is 1.91. The maximum absolute atomic E-state index is 10.4. The number of aliphatic hydroxyl groups excluding tert-OH is 1. The summed E-state index contributed by atoms with van der Waals surface area (Å²) in [6.07, 6.45) is 1.47. The molecule has 0 aromatic carbocycles. The number of carbonyl (C=O) groups excluding carboxylic acids is 1. The summed E-state index contributed by atoms with van der Waals surface area (Å²) in [7, 11) is 0. The third-order valence-corrected chi connectivity index (χ3v) is 1.04. The van der Waals surface area contributed by atoms with E-state index in [9.17, 15) is 4.79 Å². The van der Waals surface area contributed by atoms with Crippen molar-refractivity contribution in [3.05, 3.63) is 18.0 Å². The Balaban J connectivity index is 2.88. The van der Waals surface area contributed by atoms with Crippen LogP contribution in [0.25, 0.3) is 0 Å². The average molecular weight is 141 g/mol. The molecule has 1 rings (SSSR count). The molecule has 1 heterocycles. The number of rotatable bonds is 2. The van der Waals surface area contributed by atoms with Gasteiger partial charge in [0.25, 0.3) is 5.91 Å². The summed E-state index contributed by atoms with van der Waals surface area (Å²) in [5, 5.41) is 12.1. The number of carbonyl (C=O) groups is 1. The largest absolute Gasteiger partial charge is 0.374 e. The highest BCUT2D eigenvalue weighted by molar-refractivity contribution is 5.90. The van der Waals surface area contributed by atoms with Crippen LogP contribution in [0.15, 0.2) is 12.3 Å². The fourth-order valence-corrected chi connectivity index (χ4v) is 0.572. The summed E-state index contributed by atoms with van der Waals surface area (Å²) in [6.45, 7) is -0.243. The highest BCUT2D eigenvalue weighted by Gasteiger charge is 2.02. The lowest BCUT2D eigenvalue weighted by Gasteiger charge is -1.89. The summed E-state index contributed by atoms with van der Waals surface area (Å²) in [4.78, 5) is 10.4. The van der Waals surface area contributed by atoms with Gasteiger partial charge in [0, 0.05) is 6.20 Å². The zero-order valence-corrected chi connectivity index (χ0v) is 5.19. The normalized spacial score (nSPS) is 9.70. The Morgan fingerprint density at radius 3 is 2.90 bits per heavy atom. The molecule has 0 radical (unpaired) electrons. The van der Waals surface area contributed by atoms with Gasteiger partial charge >= 0.3 is 0 Å². The van der Waals surface area contributed by atoms with Gasteiger partial charge in [-0.3, -0.25) is 4.79 Å². The summed E-state index contributed by atoms with van der Waals surface area (Å²) >= 11 is 0. The Hall–Kier alpha value is -1.36. The van der Waals surface area contributed by atoms with Gasteiger partial charge in [-0.15, -0.1) is 0 Å². The van der Waals surface area contributed by atoms with Gasteiger partial charge in [0.05, 0.1) is 0 Å². The van der Waals surface area contributed by atoms with Crippen molar-refractivity contribution in [2.75, 3.05) is 0 Å². The van der Waals surface area contributed by atoms with Crippen molar-refractivity contribution in [1.29, 1.82) is 0 Å². The van der Waals surface area contributed by atoms with Crippen molar-refractivity contribution in [3.8, 4) is 0 Å². The fraction of sp³-hybridized carbons (Fsp3) is 0.200. The van der Waals surface area contributed by atoms with Gasteiger partial charge in [-0.25, -0.2) is 4.68 Å². The van der Waals surface area contributed by atoms with Crippen molar-refractivity contribution in [2.45, 2.75) is 6.73 Å². The Morgan fingerprint density at radius 2 is 2.60 bits per heavy atom. The number of amides is 1. The molecule has 1 aromatic heterocycles. The number of aromatic nitrogens is 2. The Kier molecular flexibility index (Phi) is 1.68. The highest BCUT2D eigenvalue weighted by atomic mass is 16.3. The summed E-state index contributed by atoms with van der Waals surface area (Å²) in [5.74, 6) is -0.591. The number of nitrogens with zero attached hydrogens (tertiary/aromatic N) is 2. The number of primary amides is 1. The topological polar surface area (TPSA) is 81.1 Å². The zero-order chi connectivity index (χ0) is 7.56. The zero-order valence-electron chi connectivity index (χ0n) is 5.19. The molecule has 0 fully saturated rings. The van der Waals surface area contributed by atoms with E-state index in [0.717, 1.165) is 0 Å². The van der Waals surface area contributed by atoms with E-state index in [1.165, 1.54) is 16.9 Å². The van der Waals surface area contributed by atoms with E-state index in [4.69, 9.17) is 10.8 Å². The molecule has 54 valence electrons. The van der Waals surface area contributed by atoms with E-state index < -0.39 is 5.91 Å². The first-order chi connectivity index (χ1) is 4.74. The van der Waals surface area contributed by atoms with Gasteiger partial charge in [0.1, 0.15) is 12.4 Å². The predicted molar refractivity (Wildman–Crippen MR) is 33.0 cm³/mol. The molecule has 3 N–H and O–H groups in total. The second kappa shape index (κ2) is 2.49. The predicted octanol–water partition coefficient (Wildman–Crippen LogP) is -1.07. The fourth-order valence-electron chi connectivity index (χ4n) is 0.572. The molecule has 0 atom stereocenters.